The van der Waals surface area contributed by atoms with E-state index in [1.54, 1.807) is 19.2 Å². The monoisotopic (exact) mass is 281 g/mol. The van der Waals surface area contributed by atoms with Crippen LogP contribution in [0.4, 0.5) is 5.69 Å². The van der Waals surface area contributed by atoms with Crippen molar-refractivity contribution in [1.82, 2.24) is 10.6 Å². The number of hydrogen-bond donors (Lipinski definition) is 3. The summed E-state index contributed by atoms with van der Waals surface area (Å²) in [5, 5.41) is 5.11. The summed E-state index contributed by atoms with van der Waals surface area (Å²) in [6, 6.07) is 4.65. The van der Waals surface area contributed by atoms with Crippen LogP contribution in [-0.4, -0.2) is 45.7 Å². The molecule has 7 heteroatoms. The fourth-order valence-corrected chi connectivity index (χ4v) is 1.38. The van der Waals surface area contributed by atoms with Gasteiger partial charge in [0.25, 0.3) is 11.8 Å². The highest BCUT2D eigenvalue weighted by molar-refractivity contribution is 5.95. The quantitative estimate of drug-likeness (QED) is 0.473. The lowest BCUT2D eigenvalue weighted by Crippen LogP contribution is -2.27. The van der Waals surface area contributed by atoms with Crippen molar-refractivity contribution in [3.05, 3.63) is 23.8 Å². The number of methoxy groups -OCH3 is 1. The van der Waals surface area contributed by atoms with Crippen molar-refractivity contribution < 1.29 is 19.1 Å². The number of benzene rings is 1. The van der Waals surface area contributed by atoms with Gasteiger partial charge in [0.05, 0.1) is 12.3 Å². The van der Waals surface area contributed by atoms with E-state index in [9.17, 15) is 9.59 Å². The van der Waals surface area contributed by atoms with E-state index in [0.29, 0.717) is 30.2 Å². The molecule has 110 valence electrons. The molecule has 0 heterocycles. The minimum absolute atomic E-state index is 0.157. The minimum Gasteiger partial charge on any atom is -0.482 e. The minimum atomic E-state index is -0.278. The first-order valence-corrected chi connectivity index (χ1v) is 6.08. The Labute approximate surface area is 117 Å². The molecule has 0 radical (unpaired) electrons. The normalized spacial score (nSPS) is 9.90. The Bertz CT molecular complexity index is 477. The summed E-state index contributed by atoms with van der Waals surface area (Å²) in [7, 11) is 3.06. The number of carbonyl (C=O) groups excluding carboxylic acids is 2. The second-order valence-electron chi connectivity index (χ2n) is 3.96. The van der Waals surface area contributed by atoms with E-state index in [1.165, 1.54) is 13.1 Å². The van der Waals surface area contributed by atoms with Crippen LogP contribution in [-0.2, 0) is 9.53 Å². The van der Waals surface area contributed by atoms with Crippen LogP contribution in [0.5, 0.6) is 5.75 Å². The molecular formula is C13H19N3O4. The van der Waals surface area contributed by atoms with Gasteiger partial charge in [0.1, 0.15) is 5.75 Å². The van der Waals surface area contributed by atoms with E-state index in [2.05, 4.69) is 10.6 Å². The van der Waals surface area contributed by atoms with Gasteiger partial charge >= 0.3 is 0 Å². The van der Waals surface area contributed by atoms with Crippen LogP contribution in [0, 0.1) is 0 Å². The van der Waals surface area contributed by atoms with Crippen LogP contribution in [0.2, 0.25) is 0 Å². The standard InChI is InChI=1S/C13H19N3O4/c1-15-12(17)8-20-11-7-9(3-4-10(11)14)13(18)16-5-6-19-2/h3-4,7H,5-6,8,14H2,1-2H3,(H,15,17)(H,16,18). The van der Waals surface area contributed by atoms with Gasteiger partial charge < -0.3 is 25.8 Å². The maximum Gasteiger partial charge on any atom is 0.257 e. The van der Waals surface area contributed by atoms with E-state index in [0.717, 1.165) is 0 Å². The first-order valence-electron chi connectivity index (χ1n) is 6.08. The summed E-state index contributed by atoms with van der Waals surface area (Å²) in [5.41, 5.74) is 6.50. The first kappa shape index (κ1) is 15.8. The maximum absolute atomic E-state index is 11.8. The second-order valence-corrected chi connectivity index (χ2v) is 3.96. The van der Waals surface area contributed by atoms with Crippen LogP contribution >= 0.6 is 0 Å². The highest BCUT2D eigenvalue weighted by Crippen LogP contribution is 2.22. The highest BCUT2D eigenvalue weighted by Gasteiger charge is 2.10. The topological polar surface area (TPSA) is 103 Å². The average molecular weight is 281 g/mol. The zero-order chi connectivity index (χ0) is 15.0. The third-order valence-corrected chi connectivity index (χ3v) is 2.51. The predicted octanol–water partition coefficient (Wildman–Crippen LogP) is -0.230. The largest absolute Gasteiger partial charge is 0.482 e. The first-order chi connectivity index (χ1) is 9.58. The third-order valence-electron chi connectivity index (χ3n) is 2.51. The molecule has 2 amide bonds. The van der Waals surface area contributed by atoms with Crippen LogP contribution in [0.3, 0.4) is 0 Å². The van der Waals surface area contributed by atoms with Gasteiger partial charge in [0.15, 0.2) is 6.61 Å². The molecule has 0 saturated carbocycles. The molecule has 0 spiro atoms. The summed E-state index contributed by atoms with van der Waals surface area (Å²) < 4.78 is 10.1. The van der Waals surface area contributed by atoms with Crippen molar-refractivity contribution in [3.8, 4) is 5.75 Å². The number of nitrogen functional groups attached to an aromatic ring is 1. The van der Waals surface area contributed by atoms with E-state index in [4.69, 9.17) is 15.2 Å². The number of ether oxygens (including phenoxy) is 2. The Morgan fingerprint density at radius 1 is 1.35 bits per heavy atom. The lowest BCUT2D eigenvalue weighted by Gasteiger charge is -2.10. The van der Waals surface area contributed by atoms with Crippen molar-refractivity contribution in [2.75, 3.05) is 39.6 Å². The van der Waals surface area contributed by atoms with Gasteiger partial charge in [-0.3, -0.25) is 9.59 Å². The molecule has 0 fully saturated rings. The van der Waals surface area contributed by atoms with Gasteiger partial charge in [-0.05, 0) is 18.2 Å². The Hall–Kier alpha value is -2.28. The van der Waals surface area contributed by atoms with Gasteiger partial charge in [-0.15, -0.1) is 0 Å². The van der Waals surface area contributed by atoms with Gasteiger partial charge in [-0.1, -0.05) is 0 Å². The Morgan fingerprint density at radius 3 is 2.75 bits per heavy atom. The van der Waals surface area contributed by atoms with Gasteiger partial charge in [-0.2, -0.15) is 0 Å². The third kappa shape index (κ3) is 4.77. The fourth-order valence-electron chi connectivity index (χ4n) is 1.38. The molecule has 0 atom stereocenters. The van der Waals surface area contributed by atoms with Gasteiger partial charge in [0.2, 0.25) is 0 Å². The summed E-state index contributed by atoms with van der Waals surface area (Å²) in [6.45, 7) is 0.685. The average Bonchev–Trinajstić information content (AvgIpc) is 2.46. The molecule has 0 aliphatic carbocycles. The number of nitrogens with one attached hydrogen (secondary N) is 2. The van der Waals surface area contributed by atoms with Crippen LogP contribution in [0.25, 0.3) is 0 Å². The maximum atomic E-state index is 11.8. The van der Waals surface area contributed by atoms with E-state index >= 15 is 0 Å². The second kappa shape index (κ2) is 8.00. The molecule has 0 aliphatic heterocycles. The Kier molecular flexibility index (Phi) is 6.31. The summed E-state index contributed by atoms with van der Waals surface area (Å²) >= 11 is 0. The molecule has 0 aromatic heterocycles. The Morgan fingerprint density at radius 2 is 2.10 bits per heavy atom. The van der Waals surface area contributed by atoms with Crippen LogP contribution < -0.4 is 21.1 Å². The van der Waals surface area contributed by atoms with Crippen molar-refractivity contribution in [2.24, 2.45) is 0 Å². The molecule has 1 aromatic carbocycles. The van der Waals surface area contributed by atoms with Crippen molar-refractivity contribution >= 4 is 17.5 Å². The molecule has 4 N–H and O–H groups in total. The molecule has 7 nitrogen and oxygen atoms in total. The number of likely N-dealkylation sites (N-methyl/N-ethyl adjacent to an activating group) is 1. The van der Waals surface area contributed by atoms with Crippen molar-refractivity contribution in [3.63, 3.8) is 0 Å². The summed E-state index contributed by atoms with van der Waals surface area (Å²) in [4.78, 5) is 23.0. The molecule has 0 aliphatic rings. The SMILES string of the molecule is CNC(=O)COc1cc(C(=O)NCCOC)ccc1N. The lowest BCUT2D eigenvalue weighted by molar-refractivity contribution is -0.122. The van der Waals surface area contributed by atoms with E-state index in [-0.39, 0.29) is 18.4 Å². The van der Waals surface area contributed by atoms with Crippen molar-refractivity contribution in [2.45, 2.75) is 0 Å². The highest BCUT2D eigenvalue weighted by atomic mass is 16.5. The fraction of sp³-hybridized carbons (Fsp3) is 0.385. The molecule has 1 rings (SSSR count). The number of rotatable bonds is 7. The number of anilines is 1. The molecule has 20 heavy (non-hydrogen) atoms. The number of hydrogen-bond acceptors (Lipinski definition) is 5. The zero-order valence-electron chi connectivity index (χ0n) is 11.6. The number of carbonyl (C=O) groups is 2. The predicted molar refractivity (Wildman–Crippen MR) is 74.6 cm³/mol. The number of amides is 2. The summed E-state index contributed by atoms with van der Waals surface area (Å²) in [5.74, 6) is -0.237. The Balaban J connectivity index is 2.69. The van der Waals surface area contributed by atoms with Crippen molar-refractivity contribution in [1.29, 1.82) is 0 Å². The lowest BCUT2D eigenvalue weighted by atomic mass is 10.2. The zero-order valence-corrected chi connectivity index (χ0v) is 11.6. The number of nitrogens with two attached hydrogens (primary N) is 1. The molecule has 0 bridgehead atoms. The molecular weight excluding hydrogens is 262 g/mol. The van der Waals surface area contributed by atoms with E-state index in [1.807, 2.05) is 0 Å². The van der Waals surface area contributed by atoms with Crippen LogP contribution in [0.15, 0.2) is 18.2 Å². The van der Waals surface area contributed by atoms with Crippen LogP contribution in [0.1, 0.15) is 10.4 Å². The smallest absolute Gasteiger partial charge is 0.257 e. The van der Waals surface area contributed by atoms with Gasteiger partial charge in [-0.25, -0.2) is 0 Å². The summed E-state index contributed by atoms with van der Waals surface area (Å²) in [6.07, 6.45) is 0. The molecule has 1 aromatic rings. The molecule has 0 unspecified atom stereocenters. The molecule has 0 saturated heterocycles. The van der Waals surface area contributed by atoms with E-state index < -0.39 is 0 Å². The van der Waals surface area contributed by atoms with Gasteiger partial charge in [0, 0.05) is 26.3 Å².